The van der Waals surface area contributed by atoms with Crippen molar-refractivity contribution in [3.8, 4) is 11.1 Å². The van der Waals surface area contributed by atoms with E-state index in [-0.39, 0.29) is 0 Å². The zero-order valence-corrected chi connectivity index (χ0v) is 18.0. The quantitative estimate of drug-likeness (QED) is 0.545. The Morgan fingerprint density at radius 2 is 1.84 bits per heavy atom. The molecule has 2 aliphatic heterocycles. The Kier molecular flexibility index (Phi) is 5.83. The summed E-state index contributed by atoms with van der Waals surface area (Å²) in [5, 5.41) is 6.91. The fourth-order valence-corrected chi connectivity index (χ4v) is 4.58. The highest BCUT2D eigenvalue weighted by Gasteiger charge is 2.30. The minimum Gasteiger partial charge on any atom is -0.383 e. The van der Waals surface area contributed by atoms with Gasteiger partial charge in [-0.25, -0.2) is 9.97 Å². The molecule has 2 aliphatic rings. The van der Waals surface area contributed by atoms with Crippen molar-refractivity contribution < 1.29 is 4.79 Å². The molecule has 2 saturated heterocycles. The summed E-state index contributed by atoms with van der Waals surface area (Å²) in [5.74, 6) is 1.32. The Balaban J connectivity index is 1.34. The number of rotatable bonds is 7. The van der Waals surface area contributed by atoms with Crippen LogP contribution < -0.4 is 10.6 Å². The lowest BCUT2D eigenvalue weighted by molar-refractivity contribution is 0.0965. The number of aromatic amines is 1. The summed E-state index contributed by atoms with van der Waals surface area (Å²) in [7, 11) is 0. The lowest BCUT2D eigenvalue weighted by Crippen LogP contribution is -2.51. The Bertz CT molecular complexity index is 1040. The molecule has 0 spiro atoms. The number of aldehydes is 1. The van der Waals surface area contributed by atoms with Crippen molar-refractivity contribution in [2.45, 2.75) is 12.5 Å². The van der Waals surface area contributed by atoms with E-state index in [1.807, 2.05) is 18.3 Å². The third kappa shape index (κ3) is 4.09. The molecule has 4 heterocycles. The molecule has 0 aliphatic carbocycles. The van der Waals surface area contributed by atoms with Gasteiger partial charge in [0.2, 0.25) is 0 Å². The number of H-pyrrole nitrogens is 1. The fourth-order valence-electron chi connectivity index (χ4n) is 4.58. The molecule has 3 N–H and O–H groups in total. The second kappa shape index (κ2) is 9.05. The van der Waals surface area contributed by atoms with Crippen LogP contribution in [0.4, 0.5) is 11.6 Å². The van der Waals surface area contributed by atoms with Crippen molar-refractivity contribution in [1.29, 1.82) is 0 Å². The van der Waals surface area contributed by atoms with Gasteiger partial charge in [0.1, 0.15) is 24.2 Å². The van der Waals surface area contributed by atoms with E-state index in [1.54, 1.807) is 6.20 Å². The number of nitrogens with zero attached hydrogens (tertiary/aromatic N) is 6. The molecule has 2 fully saturated rings. The number of nitrogens with one attached hydrogen (secondary N) is 1. The second-order valence-electron chi connectivity index (χ2n) is 8.42. The Hall–Kier alpha value is -3.30. The normalized spacial score (nSPS) is 18.3. The number of aromatic nitrogens is 4. The van der Waals surface area contributed by atoms with Gasteiger partial charge in [0.25, 0.3) is 0 Å². The van der Waals surface area contributed by atoms with Gasteiger partial charge in [0, 0.05) is 56.1 Å². The summed E-state index contributed by atoms with van der Waals surface area (Å²) < 4.78 is 0. The largest absolute Gasteiger partial charge is 0.383 e. The first-order valence-electron chi connectivity index (χ1n) is 11.1. The zero-order chi connectivity index (χ0) is 21.9. The standard InChI is InChI=1S/C23H28N8O/c24-22-21(19-12-27-28-13-19)23(26-16-25-22)31-10-8-30(9-11-31)20(14-29-6-1-7-29)18-4-2-17(15-32)3-5-18/h2-5,12-13,15-16,20H,1,6-11,14H2,(H,27,28)(H2,24,25,26). The second-order valence-corrected chi connectivity index (χ2v) is 8.42. The van der Waals surface area contributed by atoms with Gasteiger partial charge in [-0.3, -0.25) is 14.8 Å². The maximum atomic E-state index is 11.1. The highest BCUT2D eigenvalue weighted by Crippen LogP contribution is 2.33. The maximum Gasteiger partial charge on any atom is 0.150 e. The SMILES string of the molecule is Nc1ncnc(N2CCN(C(CN3CCC3)c3ccc(C=O)cc3)CC2)c1-c1cn[nH]c1. The number of nitrogens with two attached hydrogens (primary N) is 1. The first-order chi connectivity index (χ1) is 15.7. The van der Waals surface area contributed by atoms with E-state index in [0.717, 1.165) is 74.6 Å². The highest BCUT2D eigenvalue weighted by atomic mass is 16.1. The maximum absolute atomic E-state index is 11.1. The van der Waals surface area contributed by atoms with Gasteiger partial charge in [-0.2, -0.15) is 5.10 Å². The number of nitrogen functional groups attached to an aromatic ring is 1. The van der Waals surface area contributed by atoms with E-state index in [4.69, 9.17) is 5.73 Å². The van der Waals surface area contributed by atoms with Crippen LogP contribution in [0.5, 0.6) is 0 Å². The predicted octanol–water partition coefficient (Wildman–Crippen LogP) is 1.83. The van der Waals surface area contributed by atoms with Gasteiger partial charge < -0.3 is 15.5 Å². The van der Waals surface area contributed by atoms with E-state index in [0.29, 0.717) is 11.9 Å². The van der Waals surface area contributed by atoms with Gasteiger partial charge in [-0.1, -0.05) is 24.3 Å². The lowest BCUT2D eigenvalue weighted by Gasteiger charge is -2.43. The molecular weight excluding hydrogens is 404 g/mol. The van der Waals surface area contributed by atoms with Crippen LogP contribution in [-0.2, 0) is 0 Å². The average molecular weight is 433 g/mol. The topological polar surface area (TPSA) is 107 Å². The average Bonchev–Trinajstić information content (AvgIpc) is 3.33. The molecule has 1 atom stereocenters. The fraction of sp³-hybridized carbons (Fsp3) is 0.391. The summed E-state index contributed by atoms with van der Waals surface area (Å²) in [6.07, 6.45) is 7.28. The molecule has 166 valence electrons. The summed E-state index contributed by atoms with van der Waals surface area (Å²) in [5.41, 5.74) is 9.92. The molecular formula is C23H28N8O. The molecule has 0 amide bonds. The molecule has 5 rings (SSSR count). The van der Waals surface area contributed by atoms with Crippen molar-refractivity contribution in [1.82, 2.24) is 30.0 Å². The van der Waals surface area contributed by atoms with Gasteiger partial charge >= 0.3 is 0 Å². The first kappa shape index (κ1) is 20.6. The van der Waals surface area contributed by atoms with Gasteiger partial charge in [-0.15, -0.1) is 0 Å². The molecule has 0 saturated carbocycles. The van der Waals surface area contributed by atoms with E-state index in [2.05, 4.69) is 47.0 Å². The van der Waals surface area contributed by atoms with E-state index < -0.39 is 0 Å². The molecule has 0 radical (unpaired) electrons. The predicted molar refractivity (Wildman–Crippen MR) is 123 cm³/mol. The number of piperazine rings is 1. The molecule has 2 aromatic heterocycles. The molecule has 1 unspecified atom stereocenters. The number of hydrogen-bond donors (Lipinski definition) is 2. The molecule has 32 heavy (non-hydrogen) atoms. The first-order valence-corrected chi connectivity index (χ1v) is 11.1. The Labute approximate surface area is 187 Å². The molecule has 1 aromatic carbocycles. The van der Waals surface area contributed by atoms with E-state index in [1.165, 1.54) is 18.3 Å². The summed E-state index contributed by atoms with van der Waals surface area (Å²) in [4.78, 5) is 27.2. The van der Waals surface area contributed by atoms with Crippen LogP contribution in [0.2, 0.25) is 0 Å². The van der Waals surface area contributed by atoms with Crippen LogP contribution >= 0.6 is 0 Å². The Morgan fingerprint density at radius 1 is 1.06 bits per heavy atom. The number of carbonyl (C=O) groups excluding carboxylic acids is 1. The van der Waals surface area contributed by atoms with Crippen LogP contribution in [0.25, 0.3) is 11.1 Å². The highest BCUT2D eigenvalue weighted by molar-refractivity contribution is 5.83. The van der Waals surface area contributed by atoms with Crippen molar-refractivity contribution in [3.63, 3.8) is 0 Å². The molecule has 9 nitrogen and oxygen atoms in total. The van der Waals surface area contributed by atoms with Crippen LogP contribution in [0.1, 0.15) is 28.4 Å². The summed E-state index contributed by atoms with van der Waals surface area (Å²) in [6, 6.07) is 8.35. The van der Waals surface area contributed by atoms with Crippen molar-refractivity contribution in [3.05, 3.63) is 54.1 Å². The van der Waals surface area contributed by atoms with E-state index in [9.17, 15) is 4.79 Å². The smallest absolute Gasteiger partial charge is 0.150 e. The van der Waals surface area contributed by atoms with E-state index >= 15 is 0 Å². The van der Waals surface area contributed by atoms with Crippen molar-refractivity contribution >= 4 is 17.9 Å². The zero-order valence-electron chi connectivity index (χ0n) is 18.0. The summed E-state index contributed by atoms with van der Waals surface area (Å²) in [6.45, 7) is 6.88. The summed E-state index contributed by atoms with van der Waals surface area (Å²) >= 11 is 0. The third-order valence-corrected chi connectivity index (χ3v) is 6.54. The molecule has 0 bridgehead atoms. The van der Waals surface area contributed by atoms with Crippen molar-refractivity contribution in [2.75, 3.05) is 56.4 Å². The number of benzene rings is 1. The lowest BCUT2D eigenvalue weighted by atomic mass is 10.0. The number of likely N-dealkylation sites (tertiary alicyclic amines) is 1. The molecule has 3 aromatic rings. The van der Waals surface area contributed by atoms with Crippen LogP contribution in [0.3, 0.4) is 0 Å². The number of hydrogen-bond acceptors (Lipinski definition) is 8. The number of anilines is 2. The van der Waals surface area contributed by atoms with Crippen LogP contribution in [-0.4, -0.2) is 82.1 Å². The third-order valence-electron chi connectivity index (χ3n) is 6.54. The minimum atomic E-state index is 0.307. The number of carbonyl (C=O) groups is 1. The van der Waals surface area contributed by atoms with Crippen LogP contribution in [0, 0.1) is 0 Å². The van der Waals surface area contributed by atoms with Gasteiger partial charge in [-0.05, 0) is 25.1 Å². The molecule has 9 heteroatoms. The Morgan fingerprint density at radius 3 is 2.47 bits per heavy atom. The van der Waals surface area contributed by atoms with Crippen LogP contribution in [0.15, 0.2) is 43.0 Å². The monoisotopic (exact) mass is 432 g/mol. The minimum absolute atomic E-state index is 0.307. The van der Waals surface area contributed by atoms with Gasteiger partial charge in [0.15, 0.2) is 0 Å². The van der Waals surface area contributed by atoms with Gasteiger partial charge in [0.05, 0.1) is 11.8 Å². The van der Waals surface area contributed by atoms with Crippen molar-refractivity contribution in [2.24, 2.45) is 0 Å².